The zero-order valence-electron chi connectivity index (χ0n) is 19.0. The van der Waals surface area contributed by atoms with E-state index in [1.807, 2.05) is 36.4 Å². The van der Waals surface area contributed by atoms with E-state index in [9.17, 15) is 19.6 Å². The van der Waals surface area contributed by atoms with Crippen molar-refractivity contribution in [1.82, 2.24) is 4.90 Å². The zero-order valence-corrected chi connectivity index (χ0v) is 19.0. The molecular weight excluding hydrogens is 422 g/mol. The maximum atomic E-state index is 13.2. The summed E-state index contributed by atoms with van der Waals surface area (Å²) in [6, 6.07) is 14.4. The van der Waals surface area contributed by atoms with Crippen LogP contribution in [0.3, 0.4) is 0 Å². The Morgan fingerprint density at radius 2 is 1.85 bits per heavy atom. The molecule has 3 rings (SSSR count). The van der Waals surface area contributed by atoms with E-state index in [1.165, 1.54) is 6.07 Å². The number of hydrogen-bond acceptors (Lipinski definition) is 7. The maximum absolute atomic E-state index is 13.2. The van der Waals surface area contributed by atoms with Crippen molar-refractivity contribution in [3.63, 3.8) is 0 Å². The molecule has 1 amide bonds. The average molecular weight is 450 g/mol. The Hall–Kier alpha value is -3.70. The number of hydrogen-bond donors (Lipinski definition) is 1. The first-order valence-electron chi connectivity index (χ1n) is 10.7. The molecule has 1 N–H and O–H groups in total. The molecule has 2 aromatic carbocycles. The Morgan fingerprint density at radius 3 is 2.45 bits per heavy atom. The second-order valence-corrected chi connectivity index (χ2v) is 8.04. The molecular formula is C25H27N3O5. The van der Waals surface area contributed by atoms with Gasteiger partial charge in [-0.1, -0.05) is 30.3 Å². The summed E-state index contributed by atoms with van der Waals surface area (Å²) in [5.74, 6) is -1.36. The number of esters is 2. The number of nitriles is 1. The summed E-state index contributed by atoms with van der Waals surface area (Å²) in [4.78, 5) is 39.7. The standard InChI is InChI=1S/C25H27N3O5/c1-4-32-23(30)20-13-19(14-26)12-17(2)22(20)27-24(31)25(10-11-25)28(3)15-21(29)33-16-18-8-6-5-7-9-18/h5-9,12-13H,4,10-11,15-16H2,1-3H3,(H,27,31). The maximum Gasteiger partial charge on any atom is 0.340 e. The lowest BCUT2D eigenvalue weighted by atomic mass is 10.0. The lowest BCUT2D eigenvalue weighted by Crippen LogP contribution is -2.46. The van der Waals surface area contributed by atoms with Gasteiger partial charge >= 0.3 is 11.9 Å². The molecule has 8 nitrogen and oxygen atoms in total. The van der Waals surface area contributed by atoms with Crippen molar-refractivity contribution in [1.29, 1.82) is 5.26 Å². The lowest BCUT2D eigenvalue weighted by Gasteiger charge is -2.27. The van der Waals surface area contributed by atoms with Crippen molar-refractivity contribution in [2.45, 2.75) is 38.8 Å². The van der Waals surface area contributed by atoms with Crippen molar-refractivity contribution in [3.05, 3.63) is 64.7 Å². The first kappa shape index (κ1) is 24.0. The van der Waals surface area contributed by atoms with Crippen LogP contribution in [0.15, 0.2) is 42.5 Å². The molecule has 0 unspecified atom stereocenters. The van der Waals surface area contributed by atoms with Crippen LogP contribution in [0.25, 0.3) is 0 Å². The minimum atomic E-state index is -0.863. The number of amides is 1. The van der Waals surface area contributed by atoms with E-state index in [-0.39, 0.29) is 31.2 Å². The molecule has 0 saturated heterocycles. The van der Waals surface area contributed by atoms with Crippen LogP contribution >= 0.6 is 0 Å². The van der Waals surface area contributed by atoms with Gasteiger partial charge in [0, 0.05) is 0 Å². The van der Waals surface area contributed by atoms with E-state index in [1.54, 1.807) is 31.9 Å². The number of benzene rings is 2. The highest BCUT2D eigenvalue weighted by Gasteiger charge is 2.54. The van der Waals surface area contributed by atoms with E-state index in [2.05, 4.69) is 5.32 Å². The van der Waals surface area contributed by atoms with Gasteiger partial charge in [-0.15, -0.1) is 0 Å². The third kappa shape index (κ3) is 5.57. The number of rotatable bonds is 9. The monoisotopic (exact) mass is 449 g/mol. The number of nitrogens with one attached hydrogen (secondary N) is 1. The number of aryl methyl sites for hydroxylation is 1. The van der Waals surface area contributed by atoms with Crippen LogP contribution in [0, 0.1) is 18.3 Å². The zero-order chi connectivity index (χ0) is 24.0. The van der Waals surface area contributed by atoms with Crippen LogP contribution in [0.1, 0.15) is 46.8 Å². The van der Waals surface area contributed by atoms with Crippen LogP contribution < -0.4 is 5.32 Å². The third-order valence-electron chi connectivity index (χ3n) is 5.68. The lowest BCUT2D eigenvalue weighted by molar-refractivity contribution is -0.147. The van der Waals surface area contributed by atoms with E-state index in [0.29, 0.717) is 29.7 Å². The number of nitrogens with zero attached hydrogens (tertiary/aromatic N) is 2. The molecule has 0 heterocycles. The van der Waals surface area contributed by atoms with E-state index in [4.69, 9.17) is 9.47 Å². The van der Waals surface area contributed by atoms with Gasteiger partial charge in [0.1, 0.15) is 12.1 Å². The van der Waals surface area contributed by atoms with Crippen LogP contribution in [0.2, 0.25) is 0 Å². The molecule has 0 atom stereocenters. The van der Waals surface area contributed by atoms with E-state index >= 15 is 0 Å². The van der Waals surface area contributed by atoms with Crippen molar-refractivity contribution < 1.29 is 23.9 Å². The van der Waals surface area contributed by atoms with Crippen LogP contribution in [0.5, 0.6) is 0 Å². The number of carbonyl (C=O) groups is 3. The summed E-state index contributed by atoms with van der Waals surface area (Å²) in [7, 11) is 1.70. The molecule has 1 aliphatic carbocycles. The summed E-state index contributed by atoms with van der Waals surface area (Å²) in [6.45, 7) is 3.68. The number of likely N-dealkylation sites (N-methyl/N-ethyl adjacent to an activating group) is 1. The Morgan fingerprint density at radius 1 is 1.15 bits per heavy atom. The van der Waals surface area contributed by atoms with Gasteiger partial charge in [0.25, 0.3) is 0 Å². The Bertz CT molecular complexity index is 1090. The highest BCUT2D eigenvalue weighted by Crippen LogP contribution is 2.42. The molecule has 172 valence electrons. The molecule has 8 heteroatoms. The Kier molecular flexibility index (Phi) is 7.46. The smallest absolute Gasteiger partial charge is 0.340 e. The van der Waals surface area contributed by atoms with Gasteiger partial charge in [-0.2, -0.15) is 5.26 Å². The van der Waals surface area contributed by atoms with Crippen LogP contribution in [0.4, 0.5) is 5.69 Å². The molecule has 1 saturated carbocycles. The first-order chi connectivity index (χ1) is 15.8. The molecule has 1 aliphatic rings. The van der Waals surface area contributed by atoms with Gasteiger partial charge in [0.2, 0.25) is 5.91 Å². The molecule has 0 aromatic heterocycles. The topological polar surface area (TPSA) is 109 Å². The van der Waals surface area contributed by atoms with Crippen molar-refractivity contribution in [2.75, 3.05) is 25.5 Å². The number of ether oxygens (including phenoxy) is 2. The minimum absolute atomic E-state index is 0.0443. The predicted molar refractivity (Wildman–Crippen MR) is 121 cm³/mol. The van der Waals surface area contributed by atoms with Gasteiger partial charge in [0.05, 0.1) is 36.0 Å². The molecule has 0 radical (unpaired) electrons. The van der Waals surface area contributed by atoms with Crippen molar-refractivity contribution in [2.24, 2.45) is 0 Å². The second-order valence-electron chi connectivity index (χ2n) is 8.04. The molecule has 0 bridgehead atoms. The molecule has 0 spiro atoms. The van der Waals surface area contributed by atoms with Crippen molar-refractivity contribution in [3.8, 4) is 6.07 Å². The highest BCUT2D eigenvalue weighted by molar-refractivity contribution is 6.06. The van der Waals surface area contributed by atoms with Crippen LogP contribution in [-0.4, -0.2) is 48.5 Å². The predicted octanol–water partition coefficient (Wildman–Crippen LogP) is 3.19. The molecule has 1 fully saturated rings. The summed E-state index contributed by atoms with van der Waals surface area (Å²) in [5.41, 5.74) is 1.33. The summed E-state index contributed by atoms with van der Waals surface area (Å²) in [6.07, 6.45) is 1.15. The number of carbonyl (C=O) groups excluding carboxylic acids is 3. The fourth-order valence-electron chi connectivity index (χ4n) is 3.65. The SMILES string of the molecule is CCOC(=O)c1cc(C#N)cc(C)c1NC(=O)C1(N(C)CC(=O)OCc2ccccc2)CC1. The normalized spacial score (nSPS) is 13.7. The first-order valence-corrected chi connectivity index (χ1v) is 10.7. The summed E-state index contributed by atoms with van der Waals surface area (Å²) < 4.78 is 10.4. The van der Waals surface area contributed by atoms with E-state index < -0.39 is 17.5 Å². The largest absolute Gasteiger partial charge is 0.462 e. The Labute approximate surface area is 193 Å². The average Bonchev–Trinajstić information content (AvgIpc) is 3.62. The summed E-state index contributed by atoms with van der Waals surface area (Å²) >= 11 is 0. The third-order valence-corrected chi connectivity index (χ3v) is 5.68. The number of anilines is 1. The molecule has 33 heavy (non-hydrogen) atoms. The molecule has 0 aliphatic heterocycles. The second kappa shape index (κ2) is 10.3. The Balaban J connectivity index is 1.70. The van der Waals surface area contributed by atoms with Crippen LogP contribution in [-0.2, 0) is 25.7 Å². The highest BCUT2D eigenvalue weighted by atomic mass is 16.5. The minimum Gasteiger partial charge on any atom is -0.462 e. The summed E-state index contributed by atoms with van der Waals surface area (Å²) in [5, 5.41) is 12.1. The van der Waals surface area contributed by atoms with Gasteiger partial charge in [-0.3, -0.25) is 14.5 Å². The van der Waals surface area contributed by atoms with E-state index in [0.717, 1.165) is 5.56 Å². The fourth-order valence-corrected chi connectivity index (χ4v) is 3.65. The molecule has 2 aromatic rings. The van der Waals surface area contributed by atoms with Gasteiger partial charge < -0.3 is 14.8 Å². The fraction of sp³-hybridized carbons (Fsp3) is 0.360. The van der Waals surface area contributed by atoms with Gasteiger partial charge in [-0.05, 0) is 57.0 Å². The van der Waals surface area contributed by atoms with Crippen molar-refractivity contribution >= 4 is 23.5 Å². The quantitative estimate of drug-likeness (QED) is 0.586. The van der Waals surface area contributed by atoms with Gasteiger partial charge in [0.15, 0.2) is 0 Å². The van der Waals surface area contributed by atoms with Gasteiger partial charge in [-0.25, -0.2) is 4.79 Å².